The summed E-state index contributed by atoms with van der Waals surface area (Å²) in [5.74, 6) is -0.277. The number of amides is 1. The lowest BCUT2D eigenvalue weighted by molar-refractivity contribution is -0.125. The molecule has 0 rings (SSSR count). The molecule has 0 aromatic heterocycles. The number of hydrogen-bond acceptors (Lipinski definition) is 4. The minimum atomic E-state index is -0.743. The molecule has 3 unspecified atom stereocenters. The quantitative estimate of drug-likeness (QED) is 0.0459. The first-order valence-corrected chi connectivity index (χ1v) is 28.3. The fourth-order valence-electron chi connectivity index (χ4n) is 9.35. The summed E-state index contributed by atoms with van der Waals surface area (Å²) in [7, 11) is 0. The van der Waals surface area contributed by atoms with Crippen molar-refractivity contribution >= 4 is 5.91 Å². The highest BCUT2D eigenvalue weighted by Gasteiger charge is 2.21. The summed E-state index contributed by atoms with van der Waals surface area (Å²) < 4.78 is 0. The van der Waals surface area contributed by atoms with E-state index in [9.17, 15) is 20.1 Å². The van der Waals surface area contributed by atoms with Crippen LogP contribution in [-0.2, 0) is 4.79 Å². The first-order chi connectivity index (χ1) is 30.0. The van der Waals surface area contributed by atoms with Gasteiger partial charge in [0, 0.05) is 0 Å². The fourth-order valence-corrected chi connectivity index (χ4v) is 9.35. The van der Waals surface area contributed by atoms with Crippen LogP contribution in [0, 0.1) is 0 Å². The van der Waals surface area contributed by atoms with E-state index in [0.717, 1.165) is 25.7 Å². The molecule has 4 N–H and O–H groups in total. The van der Waals surface area contributed by atoms with Gasteiger partial charge in [-0.3, -0.25) is 4.79 Å². The Labute approximate surface area is 383 Å². The normalized spacial score (nSPS) is 13.2. The fraction of sp³-hybridized carbons (Fsp3) is 0.982. The second-order valence-corrected chi connectivity index (χ2v) is 19.9. The summed E-state index contributed by atoms with van der Waals surface area (Å²) in [6, 6.07) is -0.652. The number of nitrogens with one attached hydrogen (secondary N) is 1. The smallest absolute Gasteiger partial charge is 0.222 e. The maximum atomic E-state index is 12.5. The third-order valence-electron chi connectivity index (χ3n) is 13.7. The van der Waals surface area contributed by atoms with Crippen molar-refractivity contribution in [2.75, 3.05) is 6.61 Å². The third kappa shape index (κ3) is 48.6. The SMILES string of the molecule is CCCCCCCCCCCCCCCCCCCCCCCCCCCCCCCCCCCCCC(O)CC(=O)NC(CO)C(O)CCCCCCCCCCCCC. The highest BCUT2D eigenvalue weighted by molar-refractivity contribution is 5.76. The standard InChI is InChI=1S/C56H113NO4/c1-3-5-7-9-11-13-15-16-17-18-19-20-21-22-23-24-25-26-27-28-29-30-31-32-33-34-35-36-37-38-40-41-43-45-47-49-53(59)51-56(61)57-54(52-58)55(60)50-48-46-44-42-39-14-12-10-8-6-4-2/h53-55,58-60H,3-52H2,1-2H3,(H,57,61). The summed E-state index contributed by atoms with van der Waals surface area (Å²) in [6.45, 7) is 4.28. The first kappa shape index (κ1) is 60.4. The molecule has 0 aromatic carbocycles. The van der Waals surface area contributed by atoms with Crippen LogP contribution in [0.3, 0.4) is 0 Å². The van der Waals surface area contributed by atoms with E-state index in [4.69, 9.17) is 0 Å². The Balaban J connectivity index is 3.38. The molecule has 1 amide bonds. The zero-order valence-corrected chi connectivity index (χ0v) is 41.8. The largest absolute Gasteiger partial charge is 0.394 e. The van der Waals surface area contributed by atoms with Gasteiger partial charge in [-0.05, 0) is 12.8 Å². The molecular formula is C56H113NO4. The lowest BCUT2D eigenvalue weighted by Gasteiger charge is -2.23. The molecule has 366 valence electrons. The lowest BCUT2D eigenvalue weighted by atomic mass is 10.0. The Hall–Kier alpha value is -0.650. The van der Waals surface area contributed by atoms with Gasteiger partial charge >= 0.3 is 0 Å². The minimum Gasteiger partial charge on any atom is -0.394 e. The molecule has 0 fully saturated rings. The molecule has 5 heteroatoms. The first-order valence-electron chi connectivity index (χ1n) is 28.3. The molecule has 3 atom stereocenters. The number of rotatable bonds is 53. The number of aliphatic hydroxyl groups is 3. The van der Waals surface area contributed by atoms with Gasteiger partial charge in [0.1, 0.15) is 0 Å². The van der Waals surface area contributed by atoms with Crippen LogP contribution >= 0.6 is 0 Å². The molecule has 0 radical (unpaired) electrons. The van der Waals surface area contributed by atoms with Gasteiger partial charge in [0.25, 0.3) is 0 Å². The molecule has 0 heterocycles. The Morgan fingerprint density at radius 2 is 0.557 bits per heavy atom. The predicted molar refractivity (Wildman–Crippen MR) is 269 cm³/mol. The van der Waals surface area contributed by atoms with Crippen molar-refractivity contribution in [3.05, 3.63) is 0 Å². The maximum absolute atomic E-state index is 12.5. The number of hydrogen-bond donors (Lipinski definition) is 4. The second-order valence-electron chi connectivity index (χ2n) is 19.9. The van der Waals surface area contributed by atoms with Gasteiger partial charge < -0.3 is 20.6 Å². The highest BCUT2D eigenvalue weighted by Crippen LogP contribution is 2.19. The summed E-state index contributed by atoms with van der Waals surface area (Å²) >= 11 is 0. The highest BCUT2D eigenvalue weighted by atomic mass is 16.3. The molecule has 0 saturated heterocycles. The van der Waals surface area contributed by atoms with E-state index < -0.39 is 18.2 Å². The van der Waals surface area contributed by atoms with E-state index in [2.05, 4.69) is 19.2 Å². The van der Waals surface area contributed by atoms with Gasteiger partial charge in [0.15, 0.2) is 0 Å². The average molecular weight is 865 g/mol. The molecule has 0 bridgehead atoms. The third-order valence-corrected chi connectivity index (χ3v) is 13.7. The van der Waals surface area contributed by atoms with Crippen molar-refractivity contribution in [2.24, 2.45) is 0 Å². The molecule has 0 spiro atoms. The Bertz CT molecular complexity index is 822. The average Bonchev–Trinajstić information content (AvgIpc) is 3.25. The molecule has 5 nitrogen and oxygen atoms in total. The van der Waals surface area contributed by atoms with Crippen molar-refractivity contribution in [2.45, 2.75) is 347 Å². The van der Waals surface area contributed by atoms with Crippen LogP contribution < -0.4 is 5.32 Å². The van der Waals surface area contributed by atoms with E-state index >= 15 is 0 Å². The van der Waals surface area contributed by atoms with E-state index in [1.165, 1.54) is 270 Å². The topological polar surface area (TPSA) is 89.8 Å². The summed E-state index contributed by atoms with van der Waals surface area (Å²) in [5.41, 5.74) is 0. The van der Waals surface area contributed by atoms with Crippen molar-refractivity contribution in [3.8, 4) is 0 Å². The summed E-state index contributed by atoms with van der Waals surface area (Å²) in [5, 5.41) is 33.4. The van der Waals surface area contributed by atoms with Crippen molar-refractivity contribution in [1.82, 2.24) is 5.32 Å². The van der Waals surface area contributed by atoms with Crippen LogP contribution in [0.15, 0.2) is 0 Å². The summed E-state index contributed by atoms with van der Waals surface area (Å²) in [4.78, 5) is 12.5. The zero-order chi connectivity index (χ0) is 44.4. The monoisotopic (exact) mass is 864 g/mol. The lowest BCUT2D eigenvalue weighted by Crippen LogP contribution is -2.46. The van der Waals surface area contributed by atoms with Crippen LogP contribution in [0.2, 0.25) is 0 Å². The Kier molecular flexibility index (Phi) is 51.4. The van der Waals surface area contributed by atoms with Crippen LogP contribution in [0.1, 0.15) is 328 Å². The maximum Gasteiger partial charge on any atom is 0.222 e. The van der Waals surface area contributed by atoms with E-state index in [1.54, 1.807) is 0 Å². The molecule has 0 aliphatic carbocycles. The van der Waals surface area contributed by atoms with Gasteiger partial charge in [0.05, 0.1) is 31.3 Å². The van der Waals surface area contributed by atoms with Crippen molar-refractivity contribution < 1.29 is 20.1 Å². The van der Waals surface area contributed by atoms with Gasteiger partial charge in [0.2, 0.25) is 5.91 Å². The molecule has 0 saturated carbocycles. The minimum absolute atomic E-state index is 0.0430. The van der Waals surface area contributed by atoms with Crippen molar-refractivity contribution in [3.63, 3.8) is 0 Å². The van der Waals surface area contributed by atoms with Gasteiger partial charge in [-0.25, -0.2) is 0 Å². The van der Waals surface area contributed by atoms with Gasteiger partial charge in [-0.1, -0.05) is 309 Å². The molecule has 0 aliphatic rings. The van der Waals surface area contributed by atoms with E-state index in [0.29, 0.717) is 12.8 Å². The van der Waals surface area contributed by atoms with Crippen molar-refractivity contribution in [1.29, 1.82) is 0 Å². The number of carbonyl (C=O) groups is 1. The number of unbranched alkanes of at least 4 members (excludes halogenated alkanes) is 44. The van der Waals surface area contributed by atoms with Crippen LogP contribution in [0.25, 0.3) is 0 Å². The number of aliphatic hydroxyl groups excluding tert-OH is 3. The molecule has 61 heavy (non-hydrogen) atoms. The molecular weight excluding hydrogens is 751 g/mol. The second kappa shape index (κ2) is 52.0. The Morgan fingerprint density at radius 3 is 0.787 bits per heavy atom. The van der Waals surface area contributed by atoms with E-state index in [1.807, 2.05) is 0 Å². The van der Waals surface area contributed by atoms with Gasteiger partial charge in [-0.15, -0.1) is 0 Å². The molecule has 0 aliphatic heterocycles. The number of carbonyl (C=O) groups excluding carboxylic acids is 1. The Morgan fingerprint density at radius 1 is 0.344 bits per heavy atom. The van der Waals surface area contributed by atoms with Gasteiger partial charge in [-0.2, -0.15) is 0 Å². The van der Waals surface area contributed by atoms with Crippen LogP contribution in [0.4, 0.5) is 0 Å². The zero-order valence-electron chi connectivity index (χ0n) is 41.8. The molecule has 0 aromatic rings. The van der Waals surface area contributed by atoms with Crippen LogP contribution in [0.5, 0.6) is 0 Å². The van der Waals surface area contributed by atoms with Crippen LogP contribution in [-0.4, -0.2) is 46.1 Å². The summed E-state index contributed by atoms with van der Waals surface area (Å²) in [6.07, 6.45) is 62.9. The van der Waals surface area contributed by atoms with E-state index in [-0.39, 0.29) is 18.9 Å². The predicted octanol–water partition coefficient (Wildman–Crippen LogP) is 17.3.